The van der Waals surface area contributed by atoms with Gasteiger partial charge in [0.05, 0.1) is 17.4 Å². The first-order chi connectivity index (χ1) is 6.66. The second-order valence-corrected chi connectivity index (χ2v) is 3.37. The van der Waals surface area contributed by atoms with Gasteiger partial charge in [-0.3, -0.25) is 0 Å². The van der Waals surface area contributed by atoms with Crippen molar-refractivity contribution >= 4 is 11.7 Å². The molecular weight excluding hydrogens is 182 g/mol. The van der Waals surface area contributed by atoms with Crippen LogP contribution >= 0.6 is 0 Å². The fraction of sp³-hybridized carbons (Fsp3) is 0.300. The number of ether oxygens (including phenoxy) is 1. The Kier molecular flexibility index (Phi) is 2.04. The molecular formula is C10H11NO3. The molecule has 0 aromatic heterocycles. The van der Waals surface area contributed by atoms with Crippen molar-refractivity contribution < 1.29 is 14.6 Å². The van der Waals surface area contributed by atoms with E-state index in [2.05, 4.69) is 0 Å². The van der Waals surface area contributed by atoms with Crippen LogP contribution in [0.3, 0.4) is 0 Å². The Morgan fingerprint density at radius 3 is 2.71 bits per heavy atom. The van der Waals surface area contributed by atoms with Gasteiger partial charge in [-0.15, -0.1) is 0 Å². The highest BCUT2D eigenvalue weighted by molar-refractivity contribution is 5.89. The molecule has 1 aromatic rings. The molecule has 0 amide bonds. The summed E-state index contributed by atoms with van der Waals surface area (Å²) in [7, 11) is 0. The van der Waals surface area contributed by atoms with Gasteiger partial charge < -0.3 is 15.6 Å². The smallest absolute Gasteiger partial charge is 0.335 e. The lowest BCUT2D eigenvalue weighted by atomic mass is 10.2. The molecule has 1 aromatic carbocycles. The predicted molar refractivity (Wildman–Crippen MR) is 51.5 cm³/mol. The van der Waals surface area contributed by atoms with Crippen LogP contribution < -0.4 is 10.5 Å². The standard InChI is InChI=1S/C10H11NO3/c11-8-5-6(10(12)13)1-4-9(8)14-7-2-3-7/h1,4-5,7H,2-3,11H2,(H,12,13). The van der Waals surface area contributed by atoms with Gasteiger partial charge in [0.15, 0.2) is 0 Å². The number of rotatable bonds is 3. The third-order valence-electron chi connectivity index (χ3n) is 2.07. The molecule has 1 saturated carbocycles. The molecule has 0 atom stereocenters. The van der Waals surface area contributed by atoms with Gasteiger partial charge >= 0.3 is 5.97 Å². The topological polar surface area (TPSA) is 72.6 Å². The molecule has 4 heteroatoms. The summed E-state index contributed by atoms with van der Waals surface area (Å²) in [4.78, 5) is 10.6. The molecule has 1 aliphatic rings. The van der Waals surface area contributed by atoms with Crippen LogP contribution in [0.25, 0.3) is 0 Å². The van der Waals surface area contributed by atoms with Crippen molar-refractivity contribution in [2.45, 2.75) is 18.9 Å². The summed E-state index contributed by atoms with van der Waals surface area (Å²) < 4.78 is 5.47. The highest BCUT2D eigenvalue weighted by atomic mass is 16.5. The normalized spacial score (nSPS) is 15.1. The van der Waals surface area contributed by atoms with Crippen molar-refractivity contribution in [1.29, 1.82) is 0 Å². The number of hydrogen-bond acceptors (Lipinski definition) is 3. The average molecular weight is 193 g/mol. The summed E-state index contributed by atoms with van der Waals surface area (Å²) in [5.41, 5.74) is 6.22. The van der Waals surface area contributed by atoms with Crippen LogP contribution in [0.4, 0.5) is 5.69 Å². The summed E-state index contributed by atoms with van der Waals surface area (Å²) >= 11 is 0. The lowest BCUT2D eigenvalue weighted by molar-refractivity contribution is 0.0697. The summed E-state index contributed by atoms with van der Waals surface area (Å²) in [5.74, 6) is -0.396. The van der Waals surface area contributed by atoms with Crippen LogP contribution in [-0.2, 0) is 0 Å². The van der Waals surface area contributed by atoms with Gasteiger partial charge in [0, 0.05) is 0 Å². The minimum absolute atomic E-state index is 0.186. The highest BCUT2D eigenvalue weighted by Crippen LogP contribution is 2.30. The van der Waals surface area contributed by atoms with Gasteiger partial charge in [-0.1, -0.05) is 0 Å². The summed E-state index contributed by atoms with van der Waals surface area (Å²) in [6.45, 7) is 0. The lowest BCUT2D eigenvalue weighted by Crippen LogP contribution is -2.02. The third kappa shape index (κ3) is 1.79. The quantitative estimate of drug-likeness (QED) is 0.713. The summed E-state index contributed by atoms with van der Waals surface area (Å²) in [5, 5.41) is 8.70. The van der Waals surface area contributed by atoms with E-state index in [1.165, 1.54) is 12.1 Å². The Hall–Kier alpha value is -1.71. The van der Waals surface area contributed by atoms with E-state index in [9.17, 15) is 4.79 Å². The molecule has 1 aliphatic carbocycles. The first kappa shape index (κ1) is 8.87. The number of benzene rings is 1. The van der Waals surface area contributed by atoms with Crippen LogP contribution in [-0.4, -0.2) is 17.2 Å². The van der Waals surface area contributed by atoms with Gasteiger partial charge in [-0.25, -0.2) is 4.79 Å². The Balaban J connectivity index is 2.21. The number of carboxylic acids is 1. The van der Waals surface area contributed by atoms with Crippen LogP contribution in [0.1, 0.15) is 23.2 Å². The molecule has 0 heterocycles. The zero-order valence-corrected chi connectivity index (χ0v) is 7.56. The molecule has 3 N–H and O–H groups in total. The van der Waals surface area contributed by atoms with E-state index in [0.717, 1.165) is 12.8 Å². The maximum atomic E-state index is 10.6. The Bertz CT molecular complexity index is 372. The fourth-order valence-electron chi connectivity index (χ4n) is 1.15. The minimum atomic E-state index is -0.977. The van der Waals surface area contributed by atoms with Gasteiger partial charge in [0.1, 0.15) is 5.75 Å². The number of nitrogen functional groups attached to an aromatic ring is 1. The predicted octanol–water partition coefficient (Wildman–Crippen LogP) is 1.51. The van der Waals surface area contributed by atoms with E-state index in [1.54, 1.807) is 6.07 Å². The number of carboxylic acid groups (broad SMARTS) is 1. The van der Waals surface area contributed by atoms with Crippen molar-refractivity contribution in [3.63, 3.8) is 0 Å². The molecule has 0 spiro atoms. The zero-order valence-electron chi connectivity index (χ0n) is 7.56. The zero-order chi connectivity index (χ0) is 10.1. The van der Waals surface area contributed by atoms with Gasteiger partial charge in [0.25, 0.3) is 0 Å². The van der Waals surface area contributed by atoms with E-state index in [-0.39, 0.29) is 11.7 Å². The number of aromatic carboxylic acids is 1. The first-order valence-corrected chi connectivity index (χ1v) is 4.46. The molecule has 1 fully saturated rings. The van der Waals surface area contributed by atoms with E-state index >= 15 is 0 Å². The van der Waals surface area contributed by atoms with Gasteiger partial charge in [0.2, 0.25) is 0 Å². The van der Waals surface area contributed by atoms with Gasteiger partial charge in [-0.2, -0.15) is 0 Å². The number of nitrogens with two attached hydrogens (primary N) is 1. The van der Waals surface area contributed by atoms with Crippen LogP contribution in [0.2, 0.25) is 0 Å². The van der Waals surface area contributed by atoms with Crippen molar-refractivity contribution in [2.24, 2.45) is 0 Å². The van der Waals surface area contributed by atoms with Crippen LogP contribution in [0.5, 0.6) is 5.75 Å². The Morgan fingerprint density at radius 2 is 2.21 bits per heavy atom. The maximum Gasteiger partial charge on any atom is 0.335 e. The maximum absolute atomic E-state index is 10.6. The fourth-order valence-corrected chi connectivity index (χ4v) is 1.15. The van der Waals surface area contributed by atoms with E-state index < -0.39 is 5.97 Å². The van der Waals surface area contributed by atoms with E-state index in [4.69, 9.17) is 15.6 Å². The van der Waals surface area contributed by atoms with Crippen molar-refractivity contribution in [3.8, 4) is 5.75 Å². The number of carbonyl (C=O) groups is 1. The molecule has 0 unspecified atom stereocenters. The molecule has 0 aliphatic heterocycles. The molecule has 2 rings (SSSR count). The molecule has 0 radical (unpaired) electrons. The van der Waals surface area contributed by atoms with Crippen molar-refractivity contribution in [1.82, 2.24) is 0 Å². The first-order valence-electron chi connectivity index (χ1n) is 4.46. The van der Waals surface area contributed by atoms with E-state index in [0.29, 0.717) is 11.4 Å². The number of anilines is 1. The average Bonchev–Trinajstić information content (AvgIpc) is 2.92. The van der Waals surface area contributed by atoms with Crippen molar-refractivity contribution in [2.75, 3.05) is 5.73 Å². The second-order valence-electron chi connectivity index (χ2n) is 3.37. The summed E-state index contributed by atoms with van der Waals surface area (Å²) in [6, 6.07) is 4.52. The molecule has 0 bridgehead atoms. The number of hydrogen-bond donors (Lipinski definition) is 2. The molecule has 74 valence electrons. The molecule has 0 saturated heterocycles. The van der Waals surface area contributed by atoms with Crippen molar-refractivity contribution in [3.05, 3.63) is 23.8 Å². The summed E-state index contributed by atoms with van der Waals surface area (Å²) in [6.07, 6.45) is 2.38. The minimum Gasteiger partial charge on any atom is -0.488 e. The van der Waals surface area contributed by atoms with Crippen LogP contribution in [0.15, 0.2) is 18.2 Å². The third-order valence-corrected chi connectivity index (χ3v) is 2.07. The Labute approximate surface area is 81.3 Å². The largest absolute Gasteiger partial charge is 0.488 e. The SMILES string of the molecule is Nc1cc(C(=O)O)ccc1OC1CC1. The molecule has 4 nitrogen and oxygen atoms in total. The van der Waals surface area contributed by atoms with Gasteiger partial charge in [-0.05, 0) is 31.0 Å². The van der Waals surface area contributed by atoms with Crippen LogP contribution in [0, 0.1) is 0 Å². The molecule has 14 heavy (non-hydrogen) atoms. The van der Waals surface area contributed by atoms with E-state index in [1.807, 2.05) is 0 Å². The second kappa shape index (κ2) is 3.21. The monoisotopic (exact) mass is 193 g/mol. The Morgan fingerprint density at radius 1 is 1.50 bits per heavy atom. The highest BCUT2D eigenvalue weighted by Gasteiger charge is 2.24. The lowest BCUT2D eigenvalue weighted by Gasteiger charge is -2.07.